The van der Waals surface area contributed by atoms with Gasteiger partial charge in [0.1, 0.15) is 5.75 Å². The Bertz CT molecular complexity index is 557. The highest BCUT2D eigenvalue weighted by Crippen LogP contribution is 2.29. The Kier molecular flexibility index (Phi) is 5.24. The third-order valence-corrected chi connectivity index (χ3v) is 4.24. The first kappa shape index (κ1) is 14.8. The number of hydrogen-bond acceptors (Lipinski definition) is 2. The predicted octanol–water partition coefficient (Wildman–Crippen LogP) is 4.50. The van der Waals surface area contributed by atoms with Gasteiger partial charge in [-0.15, -0.1) is 0 Å². The van der Waals surface area contributed by atoms with E-state index in [2.05, 4.69) is 50.7 Å². The van der Waals surface area contributed by atoms with Crippen LogP contribution < -0.4 is 10.5 Å². The zero-order valence-corrected chi connectivity index (χ0v) is 14.3. The Morgan fingerprint density at radius 3 is 2.53 bits per heavy atom. The van der Waals surface area contributed by atoms with E-state index in [9.17, 15) is 0 Å². The van der Waals surface area contributed by atoms with Crippen LogP contribution in [-0.2, 0) is 0 Å². The van der Waals surface area contributed by atoms with Crippen LogP contribution >= 0.6 is 38.5 Å². The summed E-state index contributed by atoms with van der Waals surface area (Å²) >= 11 is 5.85. The van der Waals surface area contributed by atoms with Crippen molar-refractivity contribution in [1.29, 1.82) is 0 Å². The maximum atomic E-state index is 6.34. The van der Waals surface area contributed by atoms with E-state index in [1.807, 2.05) is 37.3 Å². The fourth-order valence-electron chi connectivity index (χ4n) is 1.87. The van der Waals surface area contributed by atoms with Gasteiger partial charge in [-0.25, -0.2) is 0 Å². The first-order valence-corrected chi connectivity index (χ1v) is 7.92. The van der Waals surface area contributed by atoms with Gasteiger partial charge in [-0.2, -0.15) is 0 Å². The molecule has 0 fully saturated rings. The fraction of sp³-hybridized carbons (Fsp3) is 0.200. The summed E-state index contributed by atoms with van der Waals surface area (Å²) in [5.74, 6) is 0.875. The standard InChI is InChI=1S/C15H15BrINO/c1-2-19-12-6-3-10(4-7-12)15(18)13-9-11(17)5-8-14(13)16/h3-9,15H,2,18H2,1H3. The molecule has 0 radical (unpaired) electrons. The van der Waals surface area contributed by atoms with E-state index in [1.54, 1.807) is 0 Å². The van der Waals surface area contributed by atoms with Crippen molar-refractivity contribution in [1.82, 2.24) is 0 Å². The second-order valence-corrected chi connectivity index (χ2v) is 6.25. The van der Waals surface area contributed by atoms with Crippen LogP contribution in [0.25, 0.3) is 0 Å². The summed E-state index contributed by atoms with van der Waals surface area (Å²) in [6.07, 6.45) is 0. The average molecular weight is 432 g/mol. The molecule has 0 heterocycles. The second-order valence-electron chi connectivity index (χ2n) is 4.15. The second kappa shape index (κ2) is 6.72. The lowest BCUT2D eigenvalue weighted by Crippen LogP contribution is -2.12. The van der Waals surface area contributed by atoms with Crippen LogP contribution in [0.15, 0.2) is 46.9 Å². The predicted molar refractivity (Wildman–Crippen MR) is 90.5 cm³/mol. The normalized spacial score (nSPS) is 12.2. The third kappa shape index (κ3) is 3.70. The van der Waals surface area contributed by atoms with Crippen LogP contribution in [0.2, 0.25) is 0 Å². The molecule has 19 heavy (non-hydrogen) atoms. The molecule has 0 aliphatic carbocycles. The molecule has 2 aromatic rings. The molecule has 0 bridgehead atoms. The van der Waals surface area contributed by atoms with Gasteiger partial charge in [-0.1, -0.05) is 28.1 Å². The maximum Gasteiger partial charge on any atom is 0.119 e. The maximum absolute atomic E-state index is 6.34. The third-order valence-electron chi connectivity index (χ3n) is 2.84. The Hall–Kier alpha value is -0.590. The molecule has 0 amide bonds. The van der Waals surface area contributed by atoms with Crippen molar-refractivity contribution in [2.45, 2.75) is 13.0 Å². The van der Waals surface area contributed by atoms with Crippen LogP contribution in [0.5, 0.6) is 5.75 Å². The molecular formula is C15H15BrINO. The van der Waals surface area contributed by atoms with Crippen molar-refractivity contribution in [3.8, 4) is 5.75 Å². The van der Waals surface area contributed by atoms with E-state index in [0.29, 0.717) is 6.61 Å². The quantitative estimate of drug-likeness (QED) is 0.723. The minimum absolute atomic E-state index is 0.139. The van der Waals surface area contributed by atoms with Crippen LogP contribution in [-0.4, -0.2) is 6.61 Å². The molecule has 1 atom stereocenters. The van der Waals surface area contributed by atoms with E-state index >= 15 is 0 Å². The zero-order chi connectivity index (χ0) is 13.8. The van der Waals surface area contributed by atoms with E-state index in [0.717, 1.165) is 21.3 Å². The van der Waals surface area contributed by atoms with Gasteiger partial charge in [0.05, 0.1) is 12.6 Å². The average Bonchev–Trinajstić information content (AvgIpc) is 2.42. The summed E-state index contributed by atoms with van der Waals surface area (Å²) in [4.78, 5) is 0. The number of benzene rings is 2. The molecule has 0 saturated carbocycles. The summed E-state index contributed by atoms with van der Waals surface area (Å²) in [5, 5.41) is 0. The molecule has 1 unspecified atom stereocenters. The zero-order valence-electron chi connectivity index (χ0n) is 10.6. The van der Waals surface area contributed by atoms with Crippen molar-refractivity contribution >= 4 is 38.5 Å². The number of rotatable bonds is 4. The van der Waals surface area contributed by atoms with Crippen molar-refractivity contribution < 1.29 is 4.74 Å². The lowest BCUT2D eigenvalue weighted by Gasteiger charge is -2.15. The van der Waals surface area contributed by atoms with Crippen LogP contribution in [0, 0.1) is 3.57 Å². The Morgan fingerprint density at radius 2 is 1.89 bits per heavy atom. The number of halogens is 2. The van der Waals surface area contributed by atoms with Crippen LogP contribution in [0.3, 0.4) is 0 Å². The minimum atomic E-state index is -0.139. The molecular weight excluding hydrogens is 417 g/mol. The van der Waals surface area contributed by atoms with Crippen LogP contribution in [0.4, 0.5) is 0 Å². The Morgan fingerprint density at radius 1 is 1.21 bits per heavy atom. The molecule has 4 heteroatoms. The van der Waals surface area contributed by atoms with Gasteiger partial charge in [0.25, 0.3) is 0 Å². The summed E-state index contributed by atoms with van der Waals surface area (Å²) in [6, 6.07) is 14.0. The van der Waals surface area contributed by atoms with Crippen molar-refractivity contribution in [2.75, 3.05) is 6.61 Å². The fourth-order valence-corrected chi connectivity index (χ4v) is 2.88. The van der Waals surface area contributed by atoms with Gasteiger partial charge in [0.2, 0.25) is 0 Å². The van der Waals surface area contributed by atoms with Crippen molar-refractivity contribution in [3.63, 3.8) is 0 Å². The smallest absolute Gasteiger partial charge is 0.119 e. The number of nitrogens with two attached hydrogens (primary N) is 1. The molecule has 100 valence electrons. The molecule has 2 nitrogen and oxygen atoms in total. The van der Waals surface area contributed by atoms with E-state index < -0.39 is 0 Å². The molecule has 2 rings (SSSR count). The molecule has 0 spiro atoms. The molecule has 2 N–H and O–H groups in total. The highest BCUT2D eigenvalue weighted by atomic mass is 127. The Labute approximate surface area is 135 Å². The van der Waals surface area contributed by atoms with Gasteiger partial charge in [0, 0.05) is 8.04 Å². The van der Waals surface area contributed by atoms with Gasteiger partial charge < -0.3 is 10.5 Å². The van der Waals surface area contributed by atoms with Crippen LogP contribution in [0.1, 0.15) is 24.1 Å². The Balaban J connectivity index is 2.27. The van der Waals surface area contributed by atoms with Crippen molar-refractivity contribution in [2.24, 2.45) is 5.73 Å². The molecule has 2 aromatic carbocycles. The van der Waals surface area contributed by atoms with Gasteiger partial charge in [-0.05, 0) is 71.0 Å². The molecule has 0 aromatic heterocycles. The summed E-state index contributed by atoms with van der Waals surface area (Å²) in [5.41, 5.74) is 8.50. The first-order chi connectivity index (χ1) is 9.11. The minimum Gasteiger partial charge on any atom is -0.494 e. The number of ether oxygens (including phenoxy) is 1. The topological polar surface area (TPSA) is 35.2 Å². The largest absolute Gasteiger partial charge is 0.494 e. The molecule has 0 aliphatic rings. The highest BCUT2D eigenvalue weighted by Gasteiger charge is 2.12. The molecule has 0 saturated heterocycles. The van der Waals surface area contributed by atoms with E-state index in [4.69, 9.17) is 10.5 Å². The number of hydrogen-bond donors (Lipinski definition) is 1. The highest BCUT2D eigenvalue weighted by molar-refractivity contribution is 14.1. The summed E-state index contributed by atoms with van der Waals surface area (Å²) in [7, 11) is 0. The van der Waals surface area contributed by atoms with Gasteiger partial charge in [-0.3, -0.25) is 0 Å². The first-order valence-electron chi connectivity index (χ1n) is 6.05. The SMILES string of the molecule is CCOc1ccc(C(N)c2cc(I)ccc2Br)cc1. The summed E-state index contributed by atoms with van der Waals surface area (Å²) in [6.45, 7) is 2.65. The van der Waals surface area contributed by atoms with E-state index in [-0.39, 0.29) is 6.04 Å². The lowest BCUT2D eigenvalue weighted by atomic mass is 10.00. The van der Waals surface area contributed by atoms with Gasteiger partial charge >= 0.3 is 0 Å². The monoisotopic (exact) mass is 431 g/mol. The van der Waals surface area contributed by atoms with Gasteiger partial charge in [0.15, 0.2) is 0 Å². The summed E-state index contributed by atoms with van der Waals surface area (Å²) < 4.78 is 7.65. The van der Waals surface area contributed by atoms with E-state index in [1.165, 1.54) is 3.57 Å². The lowest BCUT2D eigenvalue weighted by molar-refractivity contribution is 0.340. The van der Waals surface area contributed by atoms with Crippen molar-refractivity contribution in [3.05, 3.63) is 61.6 Å². The molecule has 0 aliphatic heterocycles.